The molecule has 0 aromatic heterocycles. The van der Waals surface area contributed by atoms with Crippen molar-refractivity contribution < 1.29 is 9.50 Å². The van der Waals surface area contributed by atoms with Crippen LogP contribution in [-0.2, 0) is 6.54 Å². The number of benzene rings is 1. The van der Waals surface area contributed by atoms with E-state index < -0.39 is 0 Å². The van der Waals surface area contributed by atoms with Gasteiger partial charge in [0.05, 0.1) is 12.3 Å². The molecule has 0 saturated carbocycles. The summed E-state index contributed by atoms with van der Waals surface area (Å²) in [5.74, 6) is -0.173. The van der Waals surface area contributed by atoms with Gasteiger partial charge < -0.3 is 10.0 Å². The molecule has 0 amide bonds. The maximum absolute atomic E-state index is 14.0. The molecule has 0 aliphatic rings. The van der Waals surface area contributed by atoms with Crippen molar-refractivity contribution in [2.45, 2.75) is 20.4 Å². The molecule has 0 bridgehead atoms. The van der Waals surface area contributed by atoms with E-state index in [-0.39, 0.29) is 12.4 Å². The normalized spacial score (nSPS) is 11.0. The van der Waals surface area contributed by atoms with Gasteiger partial charge >= 0.3 is 0 Å². The number of hydrogen-bond donors (Lipinski definition) is 1. The Kier molecular flexibility index (Phi) is 6.09. The molecule has 1 rings (SSSR count). The van der Waals surface area contributed by atoms with Gasteiger partial charge in [-0.15, -0.1) is 0 Å². The van der Waals surface area contributed by atoms with Crippen molar-refractivity contribution in [1.29, 1.82) is 0 Å². The molecule has 102 valence electrons. The molecule has 3 nitrogen and oxygen atoms in total. The predicted molar refractivity (Wildman–Crippen MR) is 73.4 cm³/mol. The van der Waals surface area contributed by atoms with Crippen molar-refractivity contribution in [3.05, 3.63) is 29.6 Å². The number of halogens is 1. The maximum Gasteiger partial charge on any atom is 0.146 e. The van der Waals surface area contributed by atoms with Gasteiger partial charge in [-0.05, 0) is 38.6 Å². The number of aliphatic hydroxyl groups excluding tert-OH is 1. The molecule has 0 atom stereocenters. The van der Waals surface area contributed by atoms with Crippen LogP contribution >= 0.6 is 0 Å². The van der Waals surface area contributed by atoms with Gasteiger partial charge in [0.25, 0.3) is 0 Å². The van der Waals surface area contributed by atoms with Crippen LogP contribution in [-0.4, -0.2) is 43.3 Å². The average Bonchev–Trinajstić information content (AvgIpc) is 2.33. The summed E-state index contributed by atoms with van der Waals surface area (Å²) in [6.45, 7) is 7.01. The Morgan fingerprint density at radius 3 is 2.39 bits per heavy atom. The van der Waals surface area contributed by atoms with E-state index in [1.165, 1.54) is 0 Å². The number of rotatable bonds is 7. The Bertz CT molecular complexity index is 367. The van der Waals surface area contributed by atoms with Crippen molar-refractivity contribution in [2.24, 2.45) is 0 Å². The molecular formula is C14H23FN2O. The van der Waals surface area contributed by atoms with E-state index in [1.807, 2.05) is 42.8 Å². The van der Waals surface area contributed by atoms with E-state index in [2.05, 4.69) is 0 Å². The molecule has 1 aromatic rings. The highest BCUT2D eigenvalue weighted by molar-refractivity contribution is 5.49. The van der Waals surface area contributed by atoms with Crippen molar-refractivity contribution in [1.82, 2.24) is 4.90 Å². The van der Waals surface area contributed by atoms with Crippen LogP contribution in [0.3, 0.4) is 0 Å². The smallest absolute Gasteiger partial charge is 0.146 e. The highest BCUT2D eigenvalue weighted by atomic mass is 19.1. The summed E-state index contributed by atoms with van der Waals surface area (Å²) in [5, 5.41) is 8.83. The zero-order valence-corrected chi connectivity index (χ0v) is 11.5. The first-order chi connectivity index (χ1) is 8.62. The van der Waals surface area contributed by atoms with Gasteiger partial charge in [-0.25, -0.2) is 4.39 Å². The fourth-order valence-corrected chi connectivity index (χ4v) is 2.03. The Morgan fingerprint density at radius 2 is 1.89 bits per heavy atom. The van der Waals surface area contributed by atoms with Gasteiger partial charge in [0, 0.05) is 26.2 Å². The number of hydrogen-bond acceptors (Lipinski definition) is 3. The molecule has 1 aromatic carbocycles. The van der Waals surface area contributed by atoms with E-state index in [4.69, 9.17) is 5.11 Å². The molecular weight excluding hydrogens is 231 g/mol. The Labute approximate surface area is 109 Å². The Balaban J connectivity index is 2.78. The molecule has 0 aliphatic heterocycles. The Hall–Kier alpha value is -1.13. The second kappa shape index (κ2) is 7.34. The van der Waals surface area contributed by atoms with Crippen LogP contribution in [0.5, 0.6) is 0 Å². The summed E-state index contributed by atoms with van der Waals surface area (Å²) >= 11 is 0. The largest absolute Gasteiger partial charge is 0.395 e. The Morgan fingerprint density at radius 1 is 1.22 bits per heavy atom. The molecule has 4 heteroatoms. The van der Waals surface area contributed by atoms with E-state index in [0.717, 1.165) is 18.7 Å². The van der Waals surface area contributed by atoms with Gasteiger partial charge in [0.15, 0.2) is 0 Å². The lowest BCUT2D eigenvalue weighted by Crippen LogP contribution is -2.24. The topological polar surface area (TPSA) is 26.7 Å². The molecule has 0 saturated heterocycles. The van der Waals surface area contributed by atoms with Crippen LogP contribution < -0.4 is 4.90 Å². The van der Waals surface area contributed by atoms with Crippen molar-refractivity contribution >= 4 is 5.69 Å². The van der Waals surface area contributed by atoms with Gasteiger partial charge in [-0.1, -0.05) is 6.07 Å². The first-order valence-electron chi connectivity index (χ1n) is 6.45. The van der Waals surface area contributed by atoms with Crippen LogP contribution in [0.25, 0.3) is 0 Å². The third-order valence-electron chi connectivity index (χ3n) is 3.05. The number of aliphatic hydroxyl groups is 1. The number of anilines is 1. The second-order valence-electron chi connectivity index (χ2n) is 4.42. The minimum atomic E-state index is -0.173. The standard InChI is InChI=1S/C14H23FN2O/c1-4-17(5-2)14-7-6-12(10-13(14)15)11-16(3)8-9-18/h6-7,10,18H,4-5,8-9,11H2,1-3H3. The zero-order chi connectivity index (χ0) is 13.5. The maximum atomic E-state index is 14.0. The van der Waals surface area contributed by atoms with Crippen molar-refractivity contribution in [2.75, 3.05) is 38.2 Å². The summed E-state index contributed by atoms with van der Waals surface area (Å²) in [7, 11) is 1.91. The van der Waals surface area contributed by atoms with Gasteiger partial charge in [0.2, 0.25) is 0 Å². The lowest BCUT2D eigenvalue weighted by atomic mass is 10.1. The lowest BCUT2D eigenvalue weighted by molar-refractivity contribution is 0.217. The van der Waals surface area contributed by atoms with E-state index >= 15 is 0 Å². The van der Waals surface area contributed by atoms with Crippen molar-refractivity contribution in [3.63, 3.8) is 0 Å². The fourth-order valence-electron chi connectivity index (χ4n) is 2.03. The monoisotopic (exact) mass is 254 g/mol. The van der Waals surface area contributed by atoms with Gasteiger partial charge in [0.1, 0.15) is 5.82 Å². The third kappa shape index (κ3) is 3.96. The summed E-state index contributed by atoms with van der Waals surface area (Å²) < 4.78 is 14.0. The first kappa shape index (κ1) is 14.9. The molecule has 0 heterocycles. The molecule has 18 heavy (non-hydrogen) atoms. The quantitative estimate of drug-likeness (QED) is 0.807. The van der Waals surface area contributed by atoms with Crippen LogP contribution in [0.15, 0.2) is 18.2 Å². The summed E-state index contributed by atoms with van der Waals surface area (Å²) in [6.07, 6.45) is 0. The second-order valence-corrected chi connectivity index (χ2v) is 4.42. The predicted octanol–water partition coefficient (Wildman–Crippen LogP) is 2.10. The third-order valence-corrected chi connectivity index (χ3v) is 3.05. The van der Waals surface area contributed by atoms with E-state index in [0.29, 0.717) is 18.8 Å². The van der Waals surface area contributed by atoms with Crippen LogP contribution in [0.1, 0.15) is 19.4 Å². The van der Waals surface area contributed by atoms with E-state index in [1.54, 1.807) is 6.07 Å². The van der Waals surface area contributed by atoms with Crippen LogP contribution in [0.2, 0.25) is 0 Å². The highest BCUT2D eigenvalue weighted by Gasteiger charge is 2.09. The molecule has 0 spiro atoms. The average molecular weight is 254 g/mol. The van der Waals surface area contributed by atoms with Gasteiger partial charge in [-0.2, -0.15) is 0 Å². The SMILES string of the molecule is CCN(CC)c1ccc(CN(C)CCO)cc1F. The molecule has 0 aliphatic carbocycles. The van der Waals surface area contributed by atoms with Crippen molar-refractivity contribution in [3.8, 4) is 0 Å². The first-order valence-corrected chi connectivity index (χ1v) is 6.45. The lowest BCUT2D eigenvalue weighted by Gasteiger charge is -2.22. The fraction of sp³-hybridized carbons (Fsp3) is 0.571. The van der Waals surface area contributed by atoms with Gasteiger partial charge in [-0.3, -0.25) is 4.90 Å². The number of nitrogens with zero attached hydrogens (tertiary/aromatic N) is 2. The molecule has 0 unspecified atom stereocenters. The molecule has 0 radical (unpaired) electrons. The summed E-state index contributed by atoms with van der Waals surface area (Å²) in [4.78, 5) is 3.96. The minimum absolute atomic E-state index is 0.122. The summed E-state index contributed by atoms with van der Waals surface area (Å²) in [5.41, 5.74) is 1.59. The molecule has 1 N–H and O–H groups in total. The minimum Gasteiger partial charge on any atom is -0.395 e. The number of likely N-dealkylation sites (N-methyl/N-ethyl adjacent to an activating group) is 1. The molecule has 0 fully saturated rings. The van der Waals surface area contributed by atoms with E-state index in [9.17, 15) is 4.39 Å². The zero-order valence-electron chi connectivity index (χ0n) is 11.5. The van der Waals surface area contributed by atoms with Crippen LogP contribution in [0, 0.1) is 5.82 Å². The van der Waals surface area contributed by atoms with Crippen LogP contribution in [0.4, 0.5) is 10.1 Å². The highest BCUT2D eigenvalue weighted by Crippen LogP contribution is 2.20. The summed E-state index contributed by atoms with van der Waals surface area (Å²) in [6, 6.07) is 5.37.